The number of pyridine rings is 1. The number of aliphatic hydroxyl groups is 1. The first-order chi connectivity index (χ1) is 8.65. The number of hydrogen-bond acceptors (Lipinski definition) is 5. The Morgan fingerprint density at radius 2 is 2.39 bits per heavy atom. The van der Waals surface area contributed by atoms with Gasteiger partial charge in [-0.25, -0.2) is 9.78 Å². The molecule has 0 saturated carbocycles. The molecule has 1 aliphatic rings. The van der Waals surface area contributed by atoms with E-state index >= 15 is 0 Å². The zero-order valence-corrected chi connectivity index (χ0v) is 10.0. The Morgan fingerprint density at radius 3 is 3.06 bits per heavy atom. The van der Waals surface area contributed by atoms with Gasteiger partial charge in [-0.15, -0.1) is 0 Å². The third-order valence-electron chi connectivity index (χ3n) is 2.95. The van der Waals surface area contributed by atoms with Gasteiger partial charge in [0.15, 0.2) is 5.69 Å². The van der Waals surface area contributed by atoms with Crippen LogP contribution >= 0.6 is 0 Å². The fraction of sp³-hybridized carbons (Fsp3) is 0.500. The van der Waals surface area contributed by atoms with E-state index in [0.717, 1.165) is 19.5 Å². The Balaban J connectivity index is 1.79. The van der Waals surface area contributed by atoms with Crippen molar-refractivity contribution in [3.05, 3.63) is 23.9 Å². The van der Waals surface area contributed by atoms with Crippen LogP contribution in [0.1, 0.15) is 16.9 Å². The minimum atomic E-state index is -1.03. The molecule has 1 fully saturated rings. The molecule has 98 valence electrons. The Bertz CT molecular complexity index is 425. The van der Waals surface area contributed by atoms with Crippen LogP contribution in [-0.2, 0) is 0 Å². The van der Waals surface area contributed by atoms with Crippen LogP contribution in [0.4, 0.5) is 5.82 Å². The van der Waals surface area contributed by atoms with Gasteiger partial charge in [0, 0.05) is 26.2 Å². The molecule has 0 aromatic carbocycles. The van der Waals surface area contributed by atoms with Crippen LogP contribution in [0.15, 0.2) is 18.2 Å². The van der Waals surface area contributed by atoms with Crippen molar-refractivity contribution in [1.82, 2.24) is 9.88 Å². The molecule has 0 radical (unpaired) electrons. The maximum atomic E-state index is 10.7. The van der Waals surface area contributed by atoms with Crippen LogP contribution < -0.4 is 5.32 Å². The van der Waals surface area contributed by atoms with Gasteiger partial charge in [0.25, 0.3) is 0 Å². The van der Waals surface area contributed by atoms with Crippen molar-refractivity contribution >= 4 is 11.8 Å². The van der Waals surface area contributed by atoms with E-state index in [1.54, 1.807) is 12.1 Å². The molecule has 2 rings (SSSR count). The van der Waals surface area contributed by atoms with Gasteiger partial charge < -0.3 is 15.5 Å². The third kappa shape index (κ3) is 3.41. The summed E-state index contributed by atoms with van der Waals surface area (Å²) in [5, 5.41) is 21.3. The number of carboxylic acid groups (broad SMARTS) is 1. The second kappa shape index (κ2) is 5.79. The van der Waals surface area contributed by atoms with E-state index in [-0.39, 0.29) is 11.8 Å². The number of nitrogens with one attached hydrogen (secondary N) is 1. The van der Waals surface area contributed by atoms with Crippen molar-refractivity contribution in [2.24, 2.45) is 0 Å². The van der Waals surface area contributed by atoms with Gasteiger partial charge in [-0.3, -0.25) is 4.90 Å². The van der Waals surface area contributed by atoms with Crippen LogP contribution in [0.2, 0.25) is 0 Å². The lowest BCUT2D eigenvalue weighted by Crippen LogP contribution is -2.28. The van der Waals surface area contributed by atoms with Crippen molar-refractivity contribution in [2.45, 2.75) is 12.5 Å². The molecule has 0 spiro atoms. The van der Waals surface area contributed by atoms with Crippen LogP contribution in [0.5, 0.6) is 0 Å². The topological polar surface area (TPSA) is 85.7 Å². The number of aromatic nitrogens is 1. The smallest absolute Gasteiger partial charge is 0.354 e. The standard InChI is InChI=1S/C12H17N3O3/c16-9-4-6-15(8-9)7-5-13-11-3-1-2-10(14-11)12(17)18/h1-3,9,16H,4-8H2,(H,13,14)(H,17,18)/t9-/m1/s1. The quantitative estimate of drug-likeness (QED) is 0.696. The van der Waals surface area contributed by atoms with Crippen LogP contribution in [0.3, 0.4) is 0 Å². The molecule has 3 N–H and O–H groups in total. The number of carboxylic acids is 1. The van der Waals surface area contributed by atoms with Crippen molar-refractivity contribution < 1.29 is 15.0 Å². The predicted molar refractivity (Wildman–Crippen MR) is 66.7 cm³/mol. The average Bonchev–Trinajstić information content (AvgIpc) is 2.75. The molecule has 0 unspecified atom stereocenters. The lowest BCUT2D eigenvalue weighted by atomic mass is 10.3. The molecule has 0 aliphatic carbocycles. The van der Waals surface area contributed by atoms with Crippen molar-refractivity contribution in [1.29, 1.82) is 0 Å². The van der Waals surface area contributed by atoms with Crippen LogP contribution in [0.25, 0.3) is 0 Å². The number of rotatable bonds is 5. The predicted octanol–water partition coefficient (Wildman–Crippen LogP) is 0.258. The fourth-order valence-corrected chi connectivity index (χ4v) is 2.01. The van der Waals surface area contributed by atoms with E-state index in [4.69, 9.17) is 5.11 Å². The van der Waals surface area contributed by atoms with E-state index in [2.05, 4.69) is 15.2 Å². The van der Waals surface area contributed by atoms with Crippen LogP contribution in [0, 0.1) is 0 Å². The first-order valence-corrected chi connectivity index (χ1v) is 6.00. The van der Waals surface area contributed by atoms with Gasteiger partial charge in [-0.05, 0) is 18.6 Å². The Morgan fingerprint density at radius 1 is 1.56 bits per heavy atom. The fourth-order valence-electron chi connectivity index (χ4n) is 2.01. The number of anilines is 1. The van der Waals surface area contributed by atoms with Crippen molar-refractivity contribution in [3.8, 4) is 0 Å². The highest BCUT2D eigenvalue weighted by atomic mass is 16.4. The molecule has 0 amide bonds. The number of nitrogens with zero attached hydrogens (tertiary/aromatic N) is 2. The molecule has 1 aromatic heterocycles. The maximum Gasteiger partial charge on any atom is 0.354 e. The summed E-state index contributed by atoms with van der Waals surface area (Å²) >= 11 is 0. The minimum Gasteiger partial charge on any atom is -0.477 e. The SMILES string of the molecule is O=C(O)c1cccc(NCCN2CC[C@@H](O)C2)n1. The Hall–Kier alpha value is -1.66. The zero-order valence-electron chi connectivity index (χ0n) is 10.0. The highest BCUT2D eigenvalue weighted by molar-refractivity contribution is 5.85. The summed E-state index contributed by atoms with van der Waals surface area (Å²) in [6.07, 6.45) is 0.616. The van der Waals surface area contributed by atoms with E-state index < -0.39 is 5.97 Å². The van der Waals surface area contributed by atoms with Gasteiger partial charge in [-0.1, -0.05) is 6.07 Å². The molecule has 2 heterocycles. The number of aliphatic hydroxyl groups excluding tert-OH is 1. The van der Waals surface area contributed by atoms with E-state index in [0.29, 0.717) is 18.9 Å². The maximum absolute atomic E-state index is 10.7. The lowest BCUT2D eigenvalue weighted by Gasteiger charge is -2.15. The molecule has 6 nitrogen and oxygen atoms in total. The molecule has 1 atom stereocenters. The molecule has 0 bridgehead atoms. The van der Waals surface area contributed by atoms with E-state index in [1.807, 2.05) is 0 Å². The third-order valence-corrected chi connectivity index (χ3v) is 2.95. The normalized spacial score (nSPS) is 19.9. The monoisotopic (exact) mass is 251 g/mol. The van der Waals surface area contributed by atoms with Crippen molar-refractivity contribution in [2.75, 3.05) is 31.5 Å². The van der Waals surface area contributed by atoms with E-state index in [1.165, 1.54) is 6.07 Å². The zero-order chi connectivity index (χ0) is 13.0. The van der Waals surface area contributed by atoms with Gasteiger partial charge in [0.1, 0.15) is 5.82 Å². The number of β-amino-alcohol motifs (C(OH)–C–C–N with tert-alkyl or cyclic N) is 1. The summed E-state index contributed by atoms with van der Waals surface area (Å²) < 4.78 is 0. The molecular weight excluding hydrogens is 234 g/mol. The number of hydrogen-bond donors (Lipinski definition) is 3. The summed E-state index contributed by atoms with van der Waals surface area (Å²) in [4.78, 5) is 16.9. The number of aromatic carboxylic acids is 1. The second-order valence-corrected chi connectivity index (χ2v) is 4.38. The molecule has 1 aromatic rings. The van der Waals surface area contributed by atoms with Crippen molar-refractivity contribution in [3.63, 3.8) is 0 Å². The first-order valence-electron chi connectivity index (χ1n) is 6.00. The van der Waals surface area contributed by atoms with Gasteiger partial charge >= 0.3 is 5.97 Å². The summed E-state index contributed by atoms with van der Waals surface area (Å²) in [7, 11) is 0. The minimum absolute atomic E-state index is 0.0385. The summed E-state index contributed by atoms with van der Waals surface area (Å²) in [5.41, 5.74) is 0.0385. The number of carbonyl (C=O) groups is 1. The average molecular weight is 251 g/mol. The lowest BCUT2D eigenvalue weighted by molar-refractivity contribution is 0.0690. The Labute approximate surface area is 105 Å². The Kier molecular flexibility index (Phi) is 4.11. The largest absolute Gasteiger partial charge is 0.477 e. The molecule has 6 heteroatoms. The molecular formula is C12H17N3O3. The summed E-state index contributed by atoms with van der Waals surface area (Å²) in [6, 6.07) is 4.87. The van der Waals surface area contributed by atoms with E-state index in [9.17, 15) is 9.90 Å². The molecule has 18 heavy (non-hydrogen) atoms. The second-order valence-electron chi connectivity index (χ2n) is 4.38. The molecule has 1 aliphatic heterocycles. The van der Waals surface area contributed by atoms with Gasteiger partial charge in [0.05, 0.1) is 6.10 Å². The van der Waals surface area contributed by atoms with Gasteiger partial charge in [-0.2, -0.15) is 0 Å². The summed E-state index contributed by atoms with van der Waals surface area (Å²) in [6.45, 7) is 3.12. The summed E-state index contributed by atoms with van der Waals surface area (Å²) in [5.74, 6) is -0.462. The number of likely N-dealkylation sites (tertiary alicyclic amines) is 1. The first kappa shape index (κ1) is 12.8. The highest BCUT2D eigenvalue weighted by Crippen LogP contribution is 2.08. The van der Waals surface area contributed by atoms with Gasteiger partial charge in [0.2, 0.25) is 0 Å². The molecule has 1 saturated heterocycles. The van der Waals surface area contributed by atoms with Crippen LogP contribution in [-0.4, -0.2) is 58.3 Å². The highest BCUT2D eigenvalue weighted by Gasteiger charge is 2.19.